The number of ether oxygens (including phenoxy) is 2. The van der Waals surface area contributed by atoms with Gasteiger partial charge in [0.05, 0.1) is 19.5 Å². The smallest absolute Gasteiger partial charge is 0.119 e. The summed E-state index contributed by atoms with van der Waals surface area (Å²) in [4.78, 5) is 0. The third-order valence-corrected chi connectivity index (χ3v) is 4.07. The van der Waals surface area contributed by atoms with Gasteiger partial charge in [-0.25, -0.2) is 0 Å². The molecule has 1 aromatic carbocycles. The van der Waals surface area contributed by atoms with E-state index in [9.17, 15) is 4.21 Å². The van der Waals surface area contributed by atoms with Gasteiger partial charge in [-0.2, -0.15) is 0 Å². The summed E-state index contributed by atoms with van der Waals surface area (Å²) < 4.78 is 22.2. The van der Waals surface area contributed by atoms with Crippen LogP contribution in [-0.4, -0.2) is 36.0 Å². The number of hydrogen-bond donors (Lipinski definition) is 1. The Bertz CT molecular complexity index is 367. The molecule has 0 saturated carbocycles. The van der Waals surface area contributed by atoms with Crippen LogP contribution in [-0.2, 0) is 10.8 Å². The molecule has 1 rings (SSSR count). The number of nitrogens with two attached hydrogens (primary N) is 1. The van der Waals surface area contributed by atoms with Crippen molar-refractivity contribution >= 4 is 10.8 Å². The molecule has 0 aliphatic heterocycles. The number of methoxy groups -OCH3 is 1. The number of hydrogen-bond acceptors (Lipinski definition) is 4. The summed E-state index contributed by atoms with van der Waals surface area (Å²) in [6.07, 6.45) is 0. The van der Waals surface area contributed by atoms with Gasteiger partial charge in [0, 0.05) is 16.6 Å². The van der Waals surface area contributed by atoms with Gasteiger partial charge >= 0.3 is 0 Å². The molecule has 102 valence electrons. The van der Waals surface area contributed by atoms with Crippen LogP contribution in [0.5, 0.6) is 11.5 Å². The molecule has 1 aromatic rings. The maximum absolute atomic E-state index is 11.7. The molecule has 0 bridgehead atoms. The molecule has 0 saturated heterocycles. The Balaban J connectivity index is 2.26. The highest BCUT2D eigenvalue weighted by Gasteiger charge is 2.06. The number of rotatable bonds is 8. The lowest BCUT2D eigenvalue weighted by Crippen LogP contribution is -2.20. The Morgan fingerprint density at radius 1 is 1.28 bits per heavy atom. The second-order valence-corrected chi connectivity index (χ2v) is 5.80. The molecule has 0 fully saturated rings. The highest BCUT2D eigenvalue weighted by Crippen LogP contribution is 2.16. The summed E-state index contributed by atoms with van der Waals surface area (Å²) in [5.41, 5.74) is 5.49. The fraction of sp³-hybridized carbons (Fsp3) is 0.538. The molecular formula is C13H21NO3S. The summed E-state index contributed by atoms with van der Waals surface area (Å²) in [7, 11) is 0.763. The van der Waals surface area contributed by atoms with Crippen LogP contribution in [0.4, 0.5) is 0 Å². The van der Waals surface area contributed by atoms with Crippen LogP contribution in [0.3, 0.4) is 0 Å². The predicted octanol–water partition coefficient (Wildman–Crippen LogP) is 1.42. The van der Waals surface area contributed by atoms with Crippen LogP contribution in [0.1, 0.15) is 6.92 Å². The van der Waals surface area contributed by atoms with Gasteiger partial charge < -0.3 is 15.2 Å². The van der Waals surface area contributed by atoms with E-state index in [4.69, 9.17) is 15.2 Å². The Labute approximate surface area is 111 Å². The molecule has 2 N–H and O–H groups in total. The predicted molar refractivity (Wildman–Crippen MR) is 74.6 cm³/mol. The topological polar surface area (TPSA) is 61.5 Å². The van der Waals surface area contributed by atoms with Crippen LogP contribution >= 0.6 is 0 Å². The minimum Gasteiger partial charge on any atom is -0.497 e. The van der Waals surface area contributed by atoms with Gasteiger partial charge in [0.15, 0.2) is 0 Å². The fourth-order valence-corrected chi connectivity index (χ4v) is 2.60. The zero-order chi connectivity index (χ0) is 13.4. The summed E-state index contributed by atoms with van der Waals surface area (Å²) in [5, 5.41) is 0. The molecule has 0 aliphatic rings. The second kappa shape index (κ2) is 8.11. The van der Waals surface area contributed by atoms with Gasteiger partial charge in [0.25, 0.3) is 0 Å². The quantitative estimate of drug-likeness (QED) is 0.776. The van der Waals surface area contributed by atoms with E-state index in [-0.39, 0.29) is 0 Å². The largest absolute Gasteiger partial charge is 0.497 e. The van der Waals surface area contributed by atoms with Crippen LogP contribution < -0.4 is 15.2 Å². The Hall–Kier alpha value is -1.07. The second-order valence-electron chi connectivity index (χ2n) is 4.18. The Kier molecular flexibility index (Phi) is 6.75. The number of benzene rings is 1. The third-order valence-electron chi connectivity index (χ3n) is 2.51. The van der Waals surface area contributed by atoms with Crippen molar-refractivity contribution in [3.63, 3.8) is 0 Å². The summed E-state index contributed by atoms with van der Waals surface area (Å²) in [6, 6.07) is 7.35. The molecule has 5 heteroatoms. The maximum Gasteiger partial charge on any atom is 0.119 e. The first-order valence-corrected chi connectivity index (χ1v) is 7.46. The first kappa shape index (κ1) is 15.0. The van der Waals surface area contributed by atoms with Gasteiger partial charge in [-0.3, -0.25) is 4.21 Å². The summed E-state index contributed by atoms with van der Waals surface area (Å²) >= 11 is 0. The van der Waals surface area contributed by atoms with Crippen molar-refractivity contribution in [1.82, 2.24) is 0 Å². The molecule has 4 nitrogen and oxygen atoms in total. The highest BCUT2D eigenvalue weighted by atomic mass is 32.2. The molecular weight excluding hydrogens is 250 g/mol. The molecule has 2 unspecified atom stereocenters. The van der Waals surface area contributed by atoms with Gasteiger partial charge in [0.1, 0.15) is 11.5 Å². The van der Waals surface area contributed by atoms with E-state index in [0.29, 0.717) is 30.6 Å². The van der Waals surface area contributed by atoms with Crippen molar-refractivity contribution in [1.29, 1.82) is 0 Å². The van der Waals surface area contributed by atoms with Gasteiger partial charge in [-0.15, -0.1) is 0 Å². The van der Waals surface area contributed by atoms with Gasteiger partial charge in [-0.05, 0) is 36.7 Å². The highest BCUT2D eigenvalue weighted by molar-refractivity contribution is 7.85. The molecule has 0 aliphatic carbocycles. The van der Waals surface area contributed by atoms with E-state index in [1.165, 1.54) is 0 Å². The van der Waals surface area contributed by atoms with Gasteiger partial charge in [-0.1, -0.05) is 6.92 Å². The molecule has 18 heavy (non-hydrogen) atoms. The van der Waals surface area contributed by atoms with Crippen molar-refractivity contribution in [2.24, 2.45) is 11.7 Å². The Morgan fingerprint density at radius 3 is 2.44 bits per heavy atom. The Morgan fingerprint density at radius 2 is 1.89 bits per heavy atom. The molecule has 0 amide bonds. The van der Waals surface area contributed by atoms with E-state index in [0.717, 1.165) is 11.5 Å². The van der Waals surface area contributed by atoms with Crippen LogP contribution in [0.2, 0.25) is 0 Å². The molecule has 0 spiro atoms. The normalized spacial score (nSPS) is 13.9. The SMILES string of the molecule is COc1ccc(OCCS(=O)CC(C)CN)cc1. The average Bonchev–Trinajstić information content (AvgIpc) is 2.39. The van der Waals surface area contributed by atoms with E-state index < -0.39 is 10.8 Å². The zero-order valence-electron chi connectivity index (χ0n) is 10.9. The van der Waals surface area contributed by atoms with Gasteiger partial charge in [0.2, 0.25) is 0 Å². The van der Waals surface area contributed by atoms with E-state index in [2.05, 4.69) is 0 Å². The molecule has 0 heterocycles. The summed E-state index contributed by atoms with van der Waals surface area (Å²) in [6.45, 7) is 3.03. The molecule has 0 aromatic heterocycles. The fourth-order valence-electron chi connectivity index (χ4n) is 1.39. The van der Waals surface area contributed by atoms with Crippen molar-refractivity contribution in [3.05, 3.63) is 24.3 Å². The summed E-state index contributed by atoms with van der Waals surface area (Å²) in [5.74, 6) is 3.04. The zero-order valence-corrected chi connectivity index (χ0v) is 11.7. The van der Waals surface area contributed by atoms with Crippen molar-refractivity contribution in [2.45, 2.75) is 6.92 Å². The van der Waals surface area contributed by atoms with Crippen LogP contribution in [0, 0.1) is 5.92 Å². The lowest BCUT2D eigenvalue weighted by molar-refractivity contribution is 0.341. The molecule has 0 radical (unpaired) electrons. The minimum absolute atomic E-state index is 0.298. The first-order chi connectivity index (χ1) is 8.65. The molecule has 2 atom stereocenters. The van der Waals surface area contributed by atoms with Crippen LogP contribution in [0.15, 0.2) is 24.3 Å². The first-order valence-electron chi connectivity index (χ1n) is 5.97. The van der Waals surface area contributed by atoms with Crippen molar-refractivity contribution < 1.29 is 13.7 Å². The lowest BCUT2D eigenvalue weighted by atomic mass is 10.2. The van der Waals surface area contributed by atoms with E-state index in [1.807, 2.05) is 31.2 Å². The minimum atomic E-state index is -0.859. The van der Waals surface area contributed by atoms with E-state index in [1.54, 1.807) is 7.11 Å². The van der Waals surface area contributed by atoms with E-state index >= 15 is 0 Å². The monoisotopic (exact) mass is 271 g/mol. The van der Waals surface area contributed by atoms with Crippen molar-refractivity contribution in [2.75, 3.05) is 31.8 Å². The third kappa shape index (κ3) is 5.51. The standard InChI is InChI=1S/C13H21NO3S/c1-11(9-14)10-18(15)8-7-17-13-5-3-12(16-2)4-6-13/h3-6,11H,7-10,14H2,1-2H3. The lowest BCUT2D eigenvalue weighted by Gasteiger charge is -2.09. The average molecular weight is 271 g/mol. The van der Waals surface area contributed by atoms with Crippen LogP contribution in [0.25, 0.3) is 0 Å². The van der Waals surface area contributed by atoms with Crippen molar-refractivity contribution in [3.8, 4) is 11.5 Å². The maximum atomic E-state index is 11.7.